The monoisotopic (exact) mass is 706 g/mol. The zero-order chi connectivity index (χ0) is 36.8. The molecule has 4 aliphatic rings. The van der Waals surface area contributed by atoms with E-state index in [1.165, 1.54) is 9.80 Å². The van der Waals surface area contributed by atoms with Gasteiger partial charge in [-0.05, 0) is 63.0 Å². The fraction of sp³-hybridized carbons (Fsp3) is 0.400. The predicted molar refractivity (Wildman–Crippen MR) is 198 cm³/mol. The molecule has 272 valence electrons. The maximum Gasteiger partial charge on any atom is 0.261 e. The fourth-order valence-electron chi connectivity index (χ4n) is 7.03. The highest BCUT2D eigenvalue weighted by molar-refractivity contribution is 6.33. The van der Waals surface area contributed by atoms with Gasteiger partial charge in [-0.1, -0.05) is 48.6 Å². The van der Waals surface area contributed by atoms with Gasteiger partial charge in [-0.15, -0.1) is 0 Å². The first-order chi connectivity index (χ1) is 25.1. The van der Waals surface area contributed by atoms with Crippen molar-refractivity contribution in [2.24, 2.45) is 11.8 Å². The molecule has 2 aromatic rings. The Hall–Kier alpha value is -5.20. The number of amides is 6. The minimum atomic E-state index is -0.471. The third kappa shape index (κ3) is 8.13. The highest BCUT2D eigenvalue weighted by atomic mass is 16.2. The third-order valence-corrected chi connectivity index (χ3v) is 10.2. The number of hydrogen-bond acceptors (Lipinski definition) is 8. The number of imide groups is 2. The van der Waals surface area contributed by atoms with Gasteiger partial charge in [0, 0.05) is 98.2 Å². The summed E-state index contributed by atoms with van der Waals surface area (Å²) in [6.45, 7) is 3.10. The van der Waals surface area contributed by atoms with Crippen molar-refractivity contribution in [1.82, 2.24) is 30.2 Å². The second-order valence-electron chi connectivity index (χ2n) is 13.8. The van der Waals surface area contributed by atoms with Gasteiger partial charge in [-0.25, -0.2) is 0 Å². The first-order valence-electron chi connectivity index (χ1n) is 18.0. The van der Waals surface area contributed by atoms with Crippen LogP contribution in [0.5, 0.6) is 0 Å². The van der Waals surface area contributed by atoms with E-state index in [1.807, 2.05) is 48.2 Å². The zero-order valence-electron chi connectivity index (χ0n) is 29.8. The summed E-state index contributed by atoms with van der Waals surface area (Å²) in [5.41, 5.74) is 1.13. The minimum Gasteiger partial charge on any atom is -0.355 e. The van der Waals surface area contributed by atoms with E-state index in [9.17, 15) is 28.8 Å². The molecule has 12 heteroatoms. The number of nitrogens with one attached hydrogen (secondary N) is 2. The van der Waals surface area contributed by atoms with E-state index >= 15 is 0 Å². The topological polar surface area (TPSA) is 139 Å². The quantitative estimate of drug-likeness (QED) is 0.226. The molecule has 0 aromatic heterocycles. The van der Waals surface area contributed by atoms with Crippen molar-refractivity contribution in [2.45, 2.75) is 25.7 Å². The predicted octanol–water partition coefficient (Wildman–Crippen LogP) is 3.17. The molecule has 0 fully saturated rings. The lowest BCUT2D eigenvalue weighted by Gasteiger charge is -2.33. The molecule has 6 amide bonds. The molecule has 0 saturated carbocycles. The van der Waals surface area contributed by atoms with E-state index in [4.69, 9.17) is 0 Å². The first kappa shape index (κ1) is 36.6. The number of benzene rings is 2. The Bertz CT molecular complexity index is 1670. The average molecular weight is 707 g/mol. The van der Waals surface area contributed by atoms with Gasteiger partial charge in [0.1, 0.15) is 0 Å². The van der Waals surface area contributed by atoms with Crippen molar-refractivity contribution in [3.05, 3.63) is 95.1 Å². The number of rotatable bonds is 18. The van der Waals surface area contributed by atoms with Crippen molar-refractivity contribution in [1.29, 1.82) is 0 Å². The molecule has 52 heavy (non-hydrogen) atoms. The zero-order valence-corrected chi connectivity index (χ0v) is 29.8. The number of allylic oxidation sites excluding steroid dienone is 8. The van der Waals surface area contributed by atoms with Crippen LogP contribution < -0.4 is 10.6 Å². The van der Waals surface area contributed by atoms with E-state index in [2.05, 4.69) is 34.9 Å². The molecule has 0 bridgehead atoms. The Morgan fingerprint density at radius 1 is 0.558 bits per heavy atom. The van der Waals surface area contributed by atoms with Crippen LogP contribution in [0.25, 0.3) is 10.8 Å². The highest BCUT2D eigenvalue weighted by Gasteiger charge is 2.39. The molecule has 0 radical (unpaired) electrons. The normalized spacial score (nSPS) is 16.5. The molecule has 6 rings (SSSR count). The summed E-state index contributed by atoms with van der Waals surface area (Å²) >= 11 is 0. The number of carbonyl (C=O) groups is 6. The van der Waals surface area contributed by atoms with Gasteiger partial charge in [-0.2, -0.15) is 0 Å². The van der Waals surface area contributed by atoms with Gasteiger partial charge in [0.25, 0.3) is 23.6 Å². The number of nitrogens with zero attached hydrogens (tertiary/aromatic N) is 4. The molecule has 2 aliphatic carbocycles. The van der Waals surface area contributed by atoms with Crippen molar-refractivity contribution >= 4 is 46.2 Å². The summed E-state index contributed by atoms with van der Waals surface area (Å²) in [5, 5.41) is 6.55. The van der Waals surface area contributed by atoms with Gasteiger partial charge in [0.05, 0.1) is 0 Å². The van der Waals surface area contributed by atoms with E-state index in [-0.39, 0.29) is 47.2 Å². The highest BCUT2D eigenvalue weighted by Crippen LogP contribution is 2.37. The molecule has 0 unspecified atom stereocenters. The molecular formula is C40H46N6O6. The molecule has 2 heterocycles. The Morgan fingerprint density at radius 2 is 0.885 bits per heavy atom. The Kier molecular flexibility index (Phi) is 11.6. The maximum atomic E-state index is 13.7. The second-order valence-corrected chi connectivity index (χ2v) is 13.8. The summed E-state index contributed by atoms with van der Waals surface area (Å²) in [6.07, 6.45) is 18.7. The Labute approximate surface area is 303 Å². The smallest absolute Gasteiger partial charge is 0.261 e. The third-order valence-electron chi connectivity index (χ3n) is 10.2. The average Bonchev–Trinajstić information content (AvgIpc) is 3.86. The maximum absolute atomic E-state index is 13.7. The molecule has 2 aromatic carbocycles. The van der Waals surface area contributed by atoms with Crippen LogP contribution in [0, 0.1) is 11.8 Å². The number of carbonyl (C=O) groups excluding carboxylic acids is 6. The molecule has 12 nitrogen and oxygen atoms in total. The summed E-state index contributed by atoms with van der Waals surface area (Å²) in [4.78, 5) is 85.5. The van der Waals surface area contributed by atoms with Gasteiger partial charge in [0.15, 0.2) is 0 Å². The number of likely N-dealkylation sites (N-methyl/N-ethyl adjacent to an activating group) is 2. The first-order valence-corrected chi connectivity index (χ1v) is 18.0. The lowest BCUT2D eigenvalue weighted by molar-refractivity contribution is -0.122. The Balaban J connectivity index is 1.01. The van der Waals surface area contributed by atoms with Crippen molar-refractivity contribution < 1.29 is 28.8 Å². The lowest BCUT2D eigenvalue weighted by atomic mass is 9.86. The van der Waals surface area contributed by atoms with Crippen LogP contribution in [0.1, 0.15) is 67.1 Å². The number of hydrogen-bond donors (Lipinski definition) is 2. The molecule has 0 saturated heterocycles. The van der Waals surface area contributed by atoms with Crippen LogP contribution in [0.15, 0.2) is 72.9 Å². The summed E-state index contributed by atoms with van der Waals surface area (Å²) < 4.78 is 0. The van der Waals surface area contributed by atoms with Crippen molar-refractivity contribution in [3.8, 4) is 0 Å². The van der Waals surface area contributed by atoms with Crippen LogP contribution in [0.3, 0.4) is 0 Å². The van der Waals surface area contributed by atoms with Crippen LogP contribution >= 0.6 is 0 Å². The van der Waals surface area contributed by atoms with Gasteiger partial charge < -0.3 is 20.4 Å². The van der Waals surface area contributed by atoms with E-state index in [0.717, 1.165) is 12.8 Å². The van der Waals surface area contributed by atoms with E-state index in [0.29, 0.717) is 74.7 Å². The van der Waals surface area contributed by atoms with Crippen molar-refractivity contribution in [2.75, 3.05) is 66.5 Å². The van der Waals surface area contributed by atoms with Gasteiger partial charge in [0.2, 0.25) is 11.8 Å². The van der Waals surface area contributed by atoms with E-state index in [1.54, 1.807) is 24.3 Å². The van der Waals surface area contributed by atoms with Gasteiger partial charge >= 0.3 is 0 Å². The molecular weight excluding hydrogens is 660 g/mol. The summed E-state index contributed by atoms with van der Waals surface area (Å²) in [6, 6.07) is 6.29. The standard InChI is InChI=1S/C40H46N6O6/c1-43(21-19-41-33(47)17-11-27-7-3-4-8-27)23-25-45-37(49)29-13-15-31-36-32(16-14-30(35(29)36)38(45)50)40(52)46(39(31)51)26-24-44(2)22-20-42-34(48)18-12-28-9-5-6-10-28/h3-10,13-16,27-28H,11-12,17-26H2,1-2H3,(H,41,47)(H,42,48). The lowest BCUT2D eigenvalue weighted by Crippen LogP contribution is -2.47. The van der Waals surface area contributed by atoms with Crippen molar-refractivity contribution in [3.63, 3.8) is 0 Å². The van der Waals surface area contributed by atoms with Crippen LogP contribution in [-0.2, 0) is 9.59 Å². The van der Waals surface area contributed by atoms with Gasteiger partial charge in [-0.3, -0.25) is 38.6 Å². The second kappa shape index (κ2) is 16.4. The Morgan fingerprint density at radius 3 is 1.21 bits per heavy atom. The molecule has 0 atom stereocenters. The van der Waals surface area contributed by atoms with E-state index < -0.39 is 23.6 Å². The summed E-state index contributed by atoms with van der Waals surface area (Å²) in [7, 11) is 3.73. The molecule has 0 spiro atoms. The van der Waals surface area contributed by atoms with Crippen LogP contribution in [0.2, 0.25) is 0 Å². The van der Waals surface area contributed by atoms with Crippen LogP contribution in [0.4, 0.5) is 0 Å². The minimum absolute atomic E-state index is 0.00828. The SMILES string of the molecule is CN(CCNC(=O)CCC1C=CC=C1)CCN1C(=O)c2ccc3c4c(ccc(c24)C1=O)C(=O)N(CCN(C)CCNC(=O)CCC1C=CC=C1)C3=O. The fourth-order valence-corrected chi connectivity index (χ4v) is 7.03. The largest absolute Gasteiger partial charge is 0.355 e. The summed E-state index contributed by atoms with van der Waals surface area (Å²) in [5.74, 6) is -1.28. The van der Waals surface area contributed by atoms with Crippen LogP contribution in [-0.4, -0.2) is 121 Å². The molecule has 2 N–H and O–H groups in total. The molecule has 2 aliphatic heterocycles.